The standard InChI is InChI=1S/C14H24N2O4/c1-4-20-12(18)6-5-11(17)9-16-8-7-14(2,10-16)13(19)15-3/h4-10H2,1-3H3,(H,15,19). The Hall–Kier alpha value is -1.43. The summed E-state index contributed by atoms with van der Waals surface area (Å²) < 4.78 is 4.78. The molecule has 1 N–H and O–H groups in total. The maximum atomic E-state index is 11.8. The van der Waals surface area contributed by atoms with E-state index < -0.39 is 5.41 Å². The van der Waals surface area contributed by atoms with Crippen molar-refractivity contribution in [2.75, 3.05) is 33.3 Å². The topological polar surface area (TPSA) is 75.7 Å². The SMILES string of the molecule is CCOC(=O)CCC(=O)CN1CCC(C)(C(=O)NC)C1. The number of carbonyl (C=O) groups is 3. The number of rotatable bonds is 7. The number of Topliss-reactive ketones (excluding diaryl/α,β-unsaturated/α-hetero) is 1. The van der Waals surface area contributed by atoms with E-state index in [1.165, 1.54) is 0 Å². The van der Waals surface area contributed by atoms with Crippen molar-refractivity contribution in [3.63, 3.8) is 0 Å². The van der Waals surface area contributed by atoms with Crippen LogP contribution in [-0.4, -0.2) is 55.8 Å². The van der Waals surface area contributed by atoms with Gasteiger partial charge in [-0.3, -0.25) is 19.3 Å². The Morgan fingerprint density at radius 1 is 1.30 bits per heavy atom. The molecule has 1 saturated heterocycles. The minimum Gasteiger partial charge on any atom is -0.466 e. The first kappa shape index (κ1) is 16.6. The first-order chi connectivity index (χ1) is 9.41. The van der Waals surface area contributed by atoms with Gasteiger partial charge in [-0.05, 0) is 26.8 Å². The fourth-order valence-corrected chi connectivity index (χ4v) is 2.48. The third kappa shape index (κ3) is 4.59. The first-order valence-corrected chi connectivity index (χ1v) is 7.03. The van der Waals surface area contributed by atoms with Crippen LogP contribution in [0.3, 0.4) is 0 Å². The summed E-state index contributed by atoms with van der Waals surface area (Å²) in [6, 6.07) is 0. The lowest BCUT2D eigenvalue weighted by molar-refractivity contribution is -0.144. The molecule has 20 heavy (non-hydrogen) atoms. The summed E-state index contributed by atoms with van der Waals surface area (Å²) in [6.07, 6.45) is 1.08. The van der Waals surface area contributed by atoms with E-state index in [1.807, 2.05) is 11.8 Å². The van der Waals surface area contributed by atoms with Crippen molar-refractivity contribution in [3.8, 4) is 0 Å². The number of ketones is 1. The highest BCUT2D eigenvalue weighted by Crippen LogP contribution is 2.29. The Balaban J connectivity index is 2.34. The van der Waals surface area contributed by atoms with Crippen LogP contribution < -0.4 is 5.32 Å². The molecule has 114 valence electrons. The van der Waals surface area contributed by atoms with Crippen LogP contribution in [0.15, 0.2) is 0 Å². The zero-order chi connectivity index (χ0) is 15.2. The van der Waals surface area contributed by atoms with E-state index in [2.05, 4.69) is 5.32 Å². The number of nitrogens with one attached hydrogen (secondary N) is 1. The van der Waals surface area contributed by atoms with Crippen LogP contribution >= 0.6 is 0 Å². The van der Waals surface area contributed by atoms with E-state index in [1.54, 1.807) is 14.0 Å². The molecule has 6 nitrogen and oxygen atoms in total. The van der Waals surface area contributed by atoms with Crippen molar-refractivity contribution >= 4 is 17.7 Å². The van der Waals surface area contributed by atoms with Crippen molar-refractivity contribution in [3.05, 3.63) is 0 Å². The van der Waals surface area contributed by atoms with E-state index >= 15 is 0 Å². The fourth-order valence-electron chi connectivity index (χ4n) is 2.48. The van der Waals surface area contributed by atoms with Gasteiger partial charge in [0.1, 0.15) is 5.78 Å². The molecule has 1 aliphatic heterocycles. The molecule has 6 heteroatoms. The van der Waals surface area contributed by atoms with Gasteiger partial charge >= 0.3 is 5.97 Å². The Bertz CT molecular complexity index is 383. The second-order valence-electron chi connectivity index (χ2n) is 5.44. The van der Waals surface area contributed by atoms with Gasteiger partial charge in [0, 0.05) is 20.0 Å². The summed E-state index contributed by atoms with van der Waals surface area (Å²) in [5.41, 5.74) is -0.420. The third-order valence-electron chi connectivity index (χ3n) is 3.64. The first-order valence-electron chi connectivity index (χ1n) is 7.03. The van der Waals surface area contributed by atoms with Crippen LogP contribution in [0.5, 0.6) is 0 Å². The average molecular weight is 284 g/mol. The number of nitrogens with zero attached hydrogens (tertiary/aromatic N) is 1. The molecule has 0 aromatic carbocycles. The number of ether oxygens (including phenoxy) is 1. The van der Waals surface area contributed by atoms with E-state index in [0.717, 1.165) is 13.0 Å². The van der Waals surface area contributed by atoms with Crippen molar-refractivity contribution in [1.82, 2.24) is 10.2 Å². The fraction of sp³-hybridized carbons (Fsp3) is 0.786. The van der Waals surface area contributed by atoms with E-state index in [9.17, 15) is 14.4 Å². The molecule has 1 unspecified atom stereocenters. The van der Waals surface area contributed by atoms with Gasteiger partial charge in [0.05, 0.1) is 25.0 Å². The predicted octanol–water partition coefficient (Wildman–Crippen LogP) is 0.357. The van der Waals surface area contributed by atoms with E-state index in [0.29, 0.717) is 19.7 Å². The second-order valence-corrected chi connectivity index (χ2v) is 5.44. The van der Waals surface area contributed by atoms with Gasteiger partial charge < -0.3 is 10.1 Å². The van der Waals surface area contributed by atoms with Crippen molar-refractivity contribution in [2.24, 2.45) is 5.41 Å². The number of likely N-dealkylation sites (tertiary alicyclic amines) is 1. The number of carbonyl (C=O) groups excluding carboxylic acids is 3. The Morgan fingerprint density at radius 2 is 2.00 bits per heavy atom. The van der Waals surface area contributed by atoms with Crippen LogP contribution in [0.25, 0.3) is 0 Å². The second kappa shape index (κ2) is 7.38. The van der Waals surface area contributed by atoms with Crippen LogP contribution in [0.2, 0.25) is 0 Å². The molecule has 1 amide bonds. The summed E-state index contributed by atoms with van der Waals surface area (Å²) in [7, 11) is 1.63. The number of esters is 1. The molecule has 0 bridgehead atoms. The Kier molecular flexibility index (Phi) is 6.13. The maximum absolute atomic E-state index is 11.8. The molecule has 0 radical (unpaired) electrons. The lowest BCUT2D eigenvalue weighted by Crippen LogP contribution is -2.40. The van der Waals surface area contributed by atoms with Gasteiger partial charge in [0.2, 0.25) is 5.91 Å². The molecule has 0 aliphatic carbocycles. The summed E-state index contributed by atoms with van der Waals surface area (Å²) in [4.78, 5) is 36.7. The van der Waals surface area contributed by atoms with Gasteiger partial charge in [-0.1, -0.05) is 0 Å². The quantitative estimate of drug-likeness (QED) is 0.683. The molecule has 0 aromatic heterocycles. The van der Waals surface area contributed by atoms with Gasteiger partial charge in [-0.25, -0.2) is 0 Å². The van der Waals surface area contributed by atoms with E-state index in [-0.39, 0.29) is 30.5 Å². The minimum atomic E-state index is -0.420. The lowest BCUT2D eigenvalue weighted by Gasteiger charge is -2.22. The van der Waals surface area contributed by atoms with Crippen LogP contribution in [-0.2, 0) is 19.1 Å². The molecule has 1 rings (SSSR count). The Morgan fingerprint density at radius 3 is 2.60 bits per heavy atom. The molecule has 1 fully saturated rings. The molecule has 0 aromatic rings. The molecule has 1 heterocycles. The van der Waals surface area contributed by atoms with Gasteiger partial charge in [-0.2, -0.15) is 0 Å². The zero-order valence-corrected chi connectivity index (χ0v) is 12.5. The zero-order valence-electron chi connectivity index (χ0n) is 12.5. The average Bonchev–Trinajstić information content (AvgIpc) is 2.78. The molecule has 0 spiro atoms. The molecule has 0 saturated carbocycles. The van der Waals surface area contributed by atoms with Gasteiger partial charge in [0.15, 0.2) is 0 Å². The lowest BCUT2D eigenvalue weighted by atomic mass is 9.89. The third-order valence-corrected chi connectivity index (χ3v) is 3.64. The smallest absolute Gasteiger partial charge is 0.306 e. The monoisotopic (exact) mass is 284 g/mol. The van der Waals surface area contributed by atoms with Gasteiger partial charge in [0.25, 0.3) is 0 Å². The molecular weight excluding hydrogens is 260 g/mol. The molecular formula is C14H24N2O4. The highest BCUT2D eigenvalue weighted by Gasteiger charge is 2.39. The van der Waals surface area contributed by atoms with Gasteiger partial charge in [-0.15, -0.1) is 0 Å². The van der Waals surface area contributed by atoms with Crippen molar-refractivity contribution in [2.45, 2.75) is 33.1 Å². The van der Waals surface area contributed by atoms with Crippen LogP contribution in [0, 0.1) is 5.41 Å². The summed E-state index contributed by atoms with van der Waals surface area (Å²) >= 11 is 0. The number of hydrogen-bond acceptors (Lipinski definition) is 5. The highest BCUT2D eigenvalue weighted by atomic mass is 16.5. The predicted molar refractivity (Wildman–Crippen MR) is 74.1 cm³/mol. The molecule has 1 aliphatic rings. The largest absolute Gasteiger partial charge is 0.466 e. The highest BCUT2D eigenvalue weighted by molar-refractivity contribution is 5.85. The van der Waals surface area contributed by atoms with Crippen molar-refractivity contribution < 1.29 is 19.1 Å². The summed E-state index contributed by atoms with van der Waals surface area (Å²) in [5, 5.41) is 2.66. The molecule has 1 atom stereocenters. The van der Waals surface area contributed by atoms with Crippen LogP contribution in [0.1, 0.15) is 33.1 Å². The summed E-state index contributed by atoms with van der Waals surface area (Å²) in [6.45, 7) is 5.60. The maximum Gasteiger partial charge on any atom is 0.306 e. The van der Waals surface area contributed by atoms with E-state index in [4.69, 9.17) is 4.74 Å². The van der Waals surface area contributed by atoms with Crippen molar-refractivity contribution in [1.29, 1.82) is 0 Å². The number of amides is 1. The van der Waals surface area contributed by atoms with Crippen LogP contribution in [0.4, 0.5) is 0 Å². The summed E-state index contributed by atoms with van der Waals surface area (Å²) in [5.74, 6) is -0.310. The Labute approximate surface area is 119 Å². The normalized spacial score (nSPS) is 22.6. The number of hydrogen-bond donors (Lipinski definition) is 1. The minimum absolute atomic E-state index is 0.0129.